The van der Waals surface area contributed by atoms with E-state index in [1.54, 1.807) is 12.1 Å². The number of hydrogen-bond donors (Lipinski definition) is 3. The molecular weight excluding hydrogens is 178 g/mol. The molecule has 0 spiro atoms. The Morgan fingerprint density at radius 2 is 2.21 bits per heavy atom. The Hall–Kier alpha value is -1.32. The second-order valence-electron chi connectivity index (χ2n) is 3.14. The van der Waals surface area contributed by atoms with E-state index in [2.05, 4.69) is 6.58 Å². The molecule has 0 amide bonds. The van der Waals surface area contributed by atoms with Crippen LogP contribution in [0.4, 0.5) is 0 Å². The topological polar surface area (TPSA) is 66.5 Å². The highest BCUT2D eigenvalue weighted by atomic mass is 16.3. The molecular formula is C11H15NO2. The third kappa shape index (κ3) is 2.13. The number of allylic oxidation sites excluding steroid dienone is 1. The largest absolute Gasteiger partial charge is 0.507 e. The van der Waals surface area contributed by atoms with Gasteiger partial charge in [-0.05, 0) is 12.0 Å². The molecule has 0 aliphatic carbocycles. The van der Waals surface area contributed by atoms with Crippen LogP contribution in [0, 0.1) is 0 Å². The molecule has 1 atom stereocenters. The minimum Gasteiger partial charge on any atom is -0.507 e. The van der Waals surface area contributed by atoms with Crippen molar-refractivity contribution >= 4 is 0 Å². The Bertz CT molecular complexity index is 323. The molecule has 76 valence electrons. The molecule has 0 bridgehead atoms. The van der Waals surface area contributed by atoms with Crippen LogP contribution in [0.15, 0.2) is 30.9 Å². The van der Waals surface area contributed by atoms with Gasteiger partial charge in [0.05, 0.1) is 12.6 Å². The Morgan fingerprint density at radius 3 is 2.79 bits per heavy atom. The lowest BCUT2D eigenvalue weighted by Crippen LogP contribution is -2.14. The van der Waals surface area contributed by atoms with Gasteiger partial charge in [-0.25, -0.2) is 0 Å². The van der Waals surface area contributed by atoms with Crippen LogP contribution >= 0.6 is 0 Å². The number of rotatable bonds is 4. The number of para-hydroxylation sites is 1. The average Bonchev–Trinajstić information content (AvgIpc) is 2.20. The highest BCUT2D eigenvalue weighted by Crippen LogP contribution is 2.27. The smallest absolute Gasteiger partial charge is 0.123 e. The van der Waals surface area contributed by atoms with Crippen molar-refractivity contribution < 1.29 is 10.2 Å². The van der Waals surface area contributed by atoms with Crippen LogP contribution in [-0.2, 0) is 6.42 Å². The molecule has 0 radical (unpaired) electrons. The molecule has 0 aliphatic heterocycles. The first-order chi connectivity index (χ1) is 6.70. The summed E-state index contributed by atoms with van der Waals surface area (Å²) < 4.78 is 0. The maximum Gasteiger partial charge on any atom is 0.123 e. The molecule has 3 nitrogen and oxygen atoms in total. The van der Waals surface area contributed by atoms with Gasteiger partial charge < -0.3 is 15.9 Å². The zero-order valence-corrected chi connectivity index (χ0v) is 7.98. The normalized spacial score (nSPS) is 12.4. The molecule has 1 aromatic carbocycles. The highest BCUT2D eigenvalue weighted by Gasteiger charge is 2.11. The van der Waals surface area contributed by atoms with E-state index in [0.717, 1.165) is 5.56 Å². The van der Waals surface area contributed by atoms with E-state index in [4.69, 9.17) is 10.8 Å². The maximum absolute atomic E-state index is 9.78. The van der Waals surface area contributed by atoms with Crippen molar-refractivity contribution in [2.24, 2.45) is 5.73 Å². The summed E-state index contributed by atoms with van der Waals surface area (Å²) in [6.07, 6.45) is 2.31. The SMILES string of the molecule is C=CCc1cccc([C@@H](N)CO)c1O. The number of aliphatic hydroxyl groups excluding tert-OH is 1. The summed E-state index contributed by atoms with van der Waals surface area (Å²) in [7, 11) is 0. The summed E-state index contributed by atoms with van der Waals surface area (Å²) in [4.78, 5) is 0. The van der Waals surface area contributed by atoms with Gasteiger partial charge in [0, 0.05) is 5.56 Å². The molecule has 0 heterocycles. The average molecular weight is 193 g/mol. The van der Waals surface area contributed by atoms with E-state index in [1.165, 1.54) is 0 Å². The molecule has 3 heteroatoms. The number of aromatic hydroxyl groups is 1. The van der Waals surface area contributed by atoms with Crippen LogP contribution in [0.5, 0.6) is 5.75 Å². The minimum absolute atomic E-state index is 0.161. The van der Waals surface area contributed by atoms with Crippen molar-refractivity contribution in [3.05, 3.63) is 42.0 Å². The van der Waals surface area contributed by atoms with Crippen LogP contribution in [0.25, 0.3) is 0 Å². The lowest BCUT2D eigenvalue weighted by atomic mass is 10.0. The predicted molar refractivity (Wildman–Crippen MR) is 56.0 cm³/mol. The van der Waals surface area contributed by atoms with Gasteiger partial charge in [-0.3, -0.25) is 0 Å². The van der Waals surface area contributed by atoms with Gasteiger partial charge in [0.25, 0.3) is 0 Å². The van der Waals surface area contributed by atoms with Gasteiger partial charge >= 0.3 is 0 Å². The zero-order valence-electron chi connectivity index (χ0n) is 7.98. The Kier molecular flexibility index (Phi) is 3.68. The number of phenols is 1. The molecule has 0 aromatic heterocycles. The van der Waals surface area contributed by atoms with E-state index < -0.39 is 6.04 Å². The Balaban J connectivity index is 3.06. The van der Waals surface area contributed by atoms with Gasteiger partial charge in [0.1, 0.15) is 5.75 Å². The molecule has 0 unspecified atom stereocenters. The Labute approximate surface area is 83.5 Å². The van der Waals surface area contributed by atoms with Crippen LogP contribution in [-0.4, -0.2) is 16.8 Å². The fourth-order valence-electron chi connectivity index (χ4n) is 1.33. The molecule has 0 saturated heterocycles. The summed E-state index contributed by atoms with van der Waals surface area (Å²) in [5.74, 6) is 0.161. The van der Waals surface area contributed by atoms with Crippen molar-refractivity contribution in [1.29, 1.82) is 0 Å². The van der Waals surface area contributed by atoms with E-state index >= 15 is 0 Å². The van der Waals surface area contributed by atoms with Crippen molar-refractivity contribution in [2.75, 3.05) is 6.61 Å². The number of aliphatic hydroxyl groups is 1. The molecule has 0 fully saturated rings. The quantitative estimate of drug-likeness (QED) is 0.627. The van der Waals surface area contributed by atoms with Crippen LogP contribution in [0.2, 0.25) is 0 Å². The molecule has 4 N–H and O–H groups in total. The molecule has 0 saturated carbocycles. The fraction of sp³-hybridized carbons (Fsp3) is 0.273. The fourth-order valence-corrected chi connectivity index (χ4v) is 1.33. The molecule has 1 rings (SSSR count). The second-order valence-corrected chi connectivity index (χ2v) is 3.14. The van der Waals surface area contributed by atoms with Crippen molar-refractivity contribution in [1.82, 2.24) is 0 Å². The molecule has 0 aliphatic rings. The number of hydrogen-bond acceptors (Lipinski definition) is 3. The maximum atomic E-state index is 9.78. The lowest BCUT2D eigenvalue weighted by molar-refractivity contribution is 0.265. The van der Waals surface area contributed by atoms with Gasteiger partial charge in [0.2, 0.25) is 0 Å². The van der Waals surface area contributed by atoms with Crippen molar-refractivity contribution in [3.63, 3.8) is 0 Å². The second kappa shape index (κ2) is 4.79. The third-order valence-corrected chi connectivity index (χ3v) is 2.11. The molecule has 1 aromatic rings. The van der Waals surface area contributed by atoms with Crippen LogP contribution in [0.1, 0.15) is 17.2 Å². The number of benzene rings is 1. The summed E-state index contributed by atoms with van der Waals surface area (Å²) >= 11 is 0. The van der Waals surface area contributed by atoms with Gasteiger partial charge in [0.15, 0.2) is 0 Å². The van der Waals surface area contributed by atoms with Crippen molar-refractivity contribution in [3.8, 4) is 5.75 Å². The first-order valence-corrected chi connectivity index (χ1v) is 4.48. The van der Waals surface area contributed by atoms with Crippen LogP contribution in [0.3, 0.4) is 0 Å². The first kappa shape index (κ1) is 10.8. The predicted octanol–water partition coefficient (Wildman–Crippen LogP) is 1.11. The summed E-state index contributed by atoms with van der Waals surface area (Å²) in [6.45, 7) is 3.42. The minimum atomic E-state index is -0.528. The van der Waals surface area contributed by atoms with Crippen molar-refractivity contribution in [2.45, 2.75) is 12.5 Å². The number of nitrogens with two attached hydrogens (primary N) is 1. The Morgan fingerprint density at radius 1 is 1.50 bits per heavy atom. The van der Waals surface area contributed by atoms with Crippen LogP contribution < -0.4 is 5.73 Å². The van der Waals surface area contributed by atoms with E-state index in [1.807, 2.05) is 12.1 Å². The zero-order chi connectivity index (χ0) is 10.6. The van der Waals surface area contributed by atoms with Gasteiger partial charge in [-0.15, -0.1) is 6.58 Å². The van der Waals surface area contributed by atoms with Gasteiger partial charge in [-0.1, -0.05) is 24.3 Å². The standard InChI is InChI=1S/C11H15NO2/c1-2-4-8-5-3-6-9(11(8)14)10(12)7-13/h2-3,5-6,10,13-14H,1,4,7,12H2/t10-/m0/s1. The van der Waals surface area contributed by atoms with E-state index in [9.17, 15) is 5.11 Å². The summed E-state index contributed by atoms with van der Waals surface area (Å²) in [5.41, 5.74) is 6.98. The highest BCUT2D eigenvalue weighted by molar-refractivity contribution is 5.42. The first-order valence-electron chi connectivity index (χ1n) is 4.48. The third-order valence-electron chi connectivity index (χ3n) is 2.11. The monoisotopic (exact) mass is 193 g/mol. The summed E-state index contributed by atoms with van der Waals surface area (Å²) in [5, 5.41) is 18.7. The summed E-state index contributed by atoms with van der Waals surface area (Å²) in [6, 6.07) is 4.80. The van der Waals surface area contributed by atoms with E-state index in [-0.39, 0.29) is 12.4 Å². The number of phenolic OH excluding ortho intramolecular Hbond substituents is 1. The van der Waals surface area contributed by atoms with E-state index in [0.29, 0.717) is 12.0 Å². The lowest BCUT2D eigenvalue weighted by Gasteiger charge is -2.12. The van der Waals surface area contributed by atoms with Gasteiger partial charge in [-0.2, -0.15) is 0 Å². The molecule has 14 heavy (non-hydrogen) atoms.